The Kier molecular flexibility index (Phi) is 2.70. The van der Waals surface area contributed by atoms with Gasteiger partial charge in [0.1, 0.15) is 0 Å². The van der Waals surface area contributed by atoms with Crippen LogP contribution in [0, 0.1) is 20.8 Å². The van der Waals surface area contributed by atoms with E-state index >= 15 is 0 Å². The second-order valence-electron chi connectivity index (χ2n) is 5.57. The van der Waals surface area contributed by atoms with Crippen LogP contribution in [0.3, 0.4) is 0 Å². The highest BCUT2D eigenvalue weighted by Crippen LogP contribution is 2.31. The fourth-order valence-electron chi connectivity index (χ4n) is 2.85. The summed E-state index contributed by atoms with van der Waals surface area (Å²) in [5.41, 5.74) is 11.6. The zero-order valence-electron chi connectivity index (χ0n) is 10.8. The summed E-state index contributed by atoms with van der Waals surface area (Å²) < 4.78 is 0. The van der Waals surface area contributed by atoms with Gasteiger partial charge in [0.15, 0.2) is 0 Å². The van der Waals surface area contributed by atoms with Gasteiger partial charge in [0.05, 0.1) is 0 Å². The Morgan fingerprint density at radius 2 is 1.75 bits per heavy atom. The average molecular weight is 218 g/mol. The van der Waals surface area contributed by atoms with Crippen LogP contribution in [0.15, 0.2) is 12.1 Å². The van der Waals surface area contributed by atoms with Crippen LogP contribution in [-0.2, 0) is 0 Å². The highest BCUT2D eigenvalue weighted by atomic mass is 15.2. The molecule has 1 unspecified atom stereocenters. The maximum Gasteiger partial charge on any atom is 0.0426 e. The van der Waals surface area contributed by atoms with E-state index in [4.69, 9.17) is 5.73 Å². The molecule has 1 saturated heterocycles. The number of nitrogens with two attached hydrogens (primary N) is 1. The van der Waals surface area contributed by atoms with Gasteiger partial charge in [-0.05, 0) is 45.2 Å². The van der Waals surface area contributed by atoms with Gasteiger partial charge in [-0.3, -0.25) is 0 Å². The van der Waals surface area contributed by atoms with E-state index in [-0.39, 0.29) is 5.54 Å². The molecule has 0 saturated carbocycles. The Balaban J connectivity index is 2.35. The van der Waals surface area contributed by atoms with Gasteiger partial charge in [-0.1, -0.05) is 17.7 Å². The summed E-state index contributed by atoms with van der Waals surface area (Å²) in [7, 11) is 0. The first-order valence-corrected chi connectivity index (χ1v) is 6.01. The number of aryl methyl sites for hydroxylation is 3. The zero-order chi connectivity index (χ0) is 11.9. The molecule has 1 aliphatic rings. The SMILES string of the molecule is Cc1cc(C)c(N2CCC(C)(N)C2)c(C)c1. The molecule has 0 spiro atoms. The second kappa shape index (κ2) is 3.77. The molecule has 0 bridgehead atoms. The van der Waals surface area contributed by atoms with E-state index in [2.05, 4.69) is 44.7 Å². The quantitative estimate of drug-likeness (QED) is 0.785. The molecule has 2 heteroatoms. The summed E-state index contributed by atoms with van der Waals surface area (Å²) in [6.07, 6.45) is 1.08. The second-order valence-corrected chi connectivity index (χ2v) is 5.57. The molecule has 88 valence electrons. The van der Waals surface area contributed by atoms with Crippen molar-refractivity contribution in [1.82, 2.24) is 0 Å². The first kappa shape index (κ1) is 11.5. The Bertz CT molecular complexity index is 384. The molecule has 1 aliphatic heterocycles. The van der Waals surface area contributed by atoms with Gasteiger partial charge in [-0.25, -0.2) is 0 Å². The van der Waals surface area contributed by atoms with Crippen LogP contribution in [0.5, 0.6) is 0 Å². The van der Waals surface area contributed by atoms with Crippen molar-refractivity contribution < 1.29 is 0 Å². The minimum Gasteiger partial charge on any atom is -0.369 e. The predicted molar refractivity (Wildman–Crippen MR) is 70.1 cm³/mol. The predicted octanol–water partition coefficient (Wildman–Crippen LogP) is 2.54. The lowest BCUT2D eigenvalue weighted by molar-refractivity contribution is 0.525. The highest BCUT2D eigenvalue weighted by molar-refractivity contribution is 5.61. The van der Waals surface area contributed by atoms with E-state index < -0.39 is 0 Å². The Hall–Kier alpha value is -1.02. The molecular formula is C14H22N2. The van der Waals surface area contributed by atoms with Crippen molar-refractivity contribution in [3.05, 3.63) is 28.8 Å². The van der Waals surface area contributed by atoms with Crippen molar-refractivity contribution in [3.8, 4) is 0 Å². The number of anilines is 1. The number of hydrogen-bond donors (Lipinski definition) is 1. The van der Waals surface area contributed by atoms with Crippen molar-refractivity contribution in [2.75, 3.05) is 18.0 Å². The number of benzene rings is 1. The van der Waals surface area contributed by atoms with E-state index in [9.17, 15) is 0 Å². The summed E-state index contributed by atoms with van der Waals surface area (Å²) in [6.45, 7) is 10.7. The van der Waals surface area contributed by atoms with Crippen molar-refractivity contribution in [3.63, 3.8) is 0 Å². The molecule has 1 aromatic carbocycles. The van der Waals surface area contributed by atoms with Crippen molar-refractivity contribution in [2.45, 2.75) is 39.7 Å². The average Bonchev–Trinajstić information content (AvgIpc) is 2.44. The van der Waals surface area contributed by atoms with Gasteiger partial charge in [-0.15, -0.1) is 0 Å². The Labute approximate surface area is 98.4 Å². The molecule has 2 nitrogen and oxygen atoms in total. The first-order valence-electron chi connectivity index (χ1n) is 6.01. The maximum atomic E-state index is 6.19. The summed E-state index contributed by atoms with van der Waals surface area (Å²) in [4.78, 5) is 2.43. The van der Waals surface area contributed by atoms with Crippen LogP contribution in [0.4, 0.5) is 5.69 Å². The van der Waals surface area contributed by atoms with Crippen LogP contribution in [0.2, 0.25) is 0 Å². The van der Waals surface area contributed by atoms with Gasteiger partial charge >= 0.3 is 0 Å². The number of rotatable bonds is 1. The first-order chi connectivity index (χ1) is 7.39. The minimum atomic E-state index is -0.0240. The highest BCUT2D eigenvalue weighted by Gasteiger charge is 2.31. The van der Waals surface area contributed by atoms with Crippen LogP contribution in [0.25, 0.3) is 0 Å². The van der Waals surface area contributed by atoms with Gasteiger partial charge < -0.3 is 10.6 Å². The lowest BCUT2D eigenvalue weighted by Gasteiger charge is -2.25. The normalized spacial score (nSPS) is 25.2. The molecular weight excluding hydrogens is 196 g/mol. The third-order valence-electron chi connectivity index (χ3n) is 3.46. The molecule has 0 aliphatic carbocycles. The van der Waals surface area contributed by atoms with Crippen LogP contribution >= 0.6 is 0 Å². The monoisotopic (exact) mass is 218 g/mol. The Morgan fingerprint density at radius 1 is 1.19 bits per heavy atom. The largest absolute Gasteiger partial charge is 0.369 e. The van der Waals surface area contributed by atoms with Crippen molar-refractivity contribution >= 4 is 5.69 Å². The van der Waals surface area contributed by atoms with Gasteiger partial charge in [0, 0.05) is 24.3 Å². The van der Waals surface area contributed by atoms with E-state index in [1.165, 1.54) is 22.4 Å². The third kappa shape index (κ3) is 2.07. The maximum absolute atomic E-state index is 6.19. The molecule has 0 amide bonds. The van der Waals surface area contributed by atoms with Crippen molar-refractivity contribution in [1.29, 1.82) is 0 Å². The van der Waals surface area contributed by atoms with Crippen LogP contribution in [0.1, 0.15) is 30.0 Å². The fourth-order valence-corrected chi connectivity index (χ4v) is 2.85. The van der Waals surface area contributed by atoms with E-state index in [1.807, 2.05) is 0 Å². The number of nitrogens with zero attached hydrogens (tertiary/aromatic N) is 1. The minimum absolute atomic E-state index is 0.0240. The molecule has 1 aromatic rings. The fraction of sp³-hybridized carbons (Fsp3) is 0.571. The smallest absolute Gasteiger partial charge is 0.0426 e. The molecule has 1 atom stereocenters. The third-order valence-corrected chi connectivity index (χ3v) is 3.46. The molecule has 1 fully saturated rings. The van der Waals surface area contributed by atoms with Crippen LogP contribution in [-0.4, -0.2) is 18.6 Å². The van der Waals surface area contributed by atoms with Crippen LogP contribution < -0.4 is 10.6 Å². The molecule has 2 N–H and O–H groups in total. The van der Waals surface area contributed by atoms with E-state index in [1.54, 1.807) is 0 Å². The molecule has 0 radical (unpaired) electrons. The standard InChI is InChI=1S/C14H22N2/c1-10-7-11(2)13(12(3)8-10)16-6-5-14(4,15)9-16/h7-8H,5-6,9,15H2,1-4H3. The summed E-state index contributed by atoms with van der Waals surface area (Å²) in [5, 5.41) is 0. The molecule has 16 heavy (non-hydrogen) atoms. The molecule has 0 aromatic heterocycles. The van der Waals surface area contributed by atoms with E-state index in [0.717, 1.165) is 19.5 Å². The Morgan fingerprint density at radius 3 is 2.19 bits per heavy atom. The van der Waals surface area contributed by atoms with Crippen molar-refractivity contribution in [2.24, 2.45) is 5.73 Å². The number of hydrogen-bond acceptors (Lipinski definition) is 2. The molecule has 2 rings (SSSR count). The summed E-state index contributed by atoms with van der Waals surface area (Å²) >= 11 is 0. The topological polar surface area (TPSA) is 29.3 Å². The van der Waals surface area contributed by atoms with E-state index in [0.29, 0.717) is 0 Å². The zero-order valence-corrected chi connectivity index (χ0v) is 10.8. The molecule has 1 heterocycles. The van der Waals surface area contributed by atoms with Gasteiger partial charge in [0.25, 0.3) is 0 Å². The summed E-state index contributed by atoms with van der Waals surface area (Å²) in [5.74, 6) is 0. The summed E-state index contributed by atoms with van der Waals surface area (Å²) in [6, 6.07) is 4.52. The van der Waals surface area contributed by atoms with Gasteiger partial charge in [0.2, 0.25) is 0 Å². The van der Waals surface area contributed by atoms with Gasteiger partial charge in [-0.2, -0.15) is 0 Å². The lowest BCUT2D eigenvalue weighted by Crippen LogP contribution is -2.39. The lowest BCUT2D eigenvalue weighted by atomic mass is 10.0.